The van der Waals surface area contributed by atoms with Crippen molar-refractivity contribution in [3.63, 3.8) is 0 Å². The predicted molar refractivity (Wildman–Crippen MR) is 102 cm³/mol. The van der Waals surface area contributed by atoms with Crippen LogP contribution in [0.25, 0.3) is 10.9 Å². The first-order chi connectivity index (χ1) is 12.7. The average molecular weight is 349 g/mol. The second-order valence-electron chi connectivity index (χ2n) is 7.29. The van der Waals surface area contributed by atoms with Gasteiger partial charge in [-0.3, -0.25) is 4.90 Å². The number of piperazine rings is 1. The molecule has 2 aliphatic rings. The van der Waals surface area contributed by atoms with Gasteiger partial charge in [0.2, 0.25) is 11.9 Å². The maximum atomic E-state index is 5.90. The number of nitrogens with two attached hydrogens (primary N) is 1. The topological polar surface area (TPSA) is 87.0 Å². The van der Waals surface area contributed by atoms with Gasteiger partial charge in [-0.1, -0.05) is 6.07 Å². The van der Waals surface area contributed by atoms with Crippen LogP contribution >= 0.6 is 0 Å². The van der Waals surface area contributed by atoms with Gasteiger partial charge in [0.25, 0.3) is 0 Å². The second-order valence-corrected chi connectivity index (χ2v) is 7.29. The molecule has 1 aliphatic carbocycles. The minimum atomic E-state index is 0.346. The minimum absolute atomic E-state index is 0.346. The van der Waals surface area contributed by atoms with Crippen molar-refractivity contribution >= 4 is 22.8 Å². The standard InChI is InChI=1S/C19H23N7/c20-18-22-17(14-2-3-14)23-19(24-18)26-9-7-25(8-10-26)12-13-1-4-16-15(11-13)5-6-21-16/h1,4-6,11,14,21H,2-3,7-10,12H2,(H2,20,22,23,24). The van der Waals surface area contributed by atoms with E-state index in [0.29, 0.717) is 11.9 Å². The Kier molecular flexibility index (Phi) is 3.74. The van der Waals surface area contributed by atoms with Crippen LogP contribution in [0, 0.1) is 0 Å². The van der Waals surface area contributed by atoms with Crippen LogP contribution < -0.4 is 10.6 Å². The zero-order valence-corrected chi connectivity index (χ0v) is 14.7. The van der Waals surface area contributed by atoms with Crippen LogP contribution in [0.3, 0.4) is 0 Å². The molecule has 0 radical (unpaired) electrons. The summed E-state index contributed by atoms with van der Waals surface area (Å²) in [5.41, 5.74) is 8.44. The highest BCUT2D eigenvalue weighted by atomic mass is 15.3. The second kappa shape index (κ2) is 6.25. The van der Waals surface area contributed by atoms with E-state index in [-0.39, 0.29) is 0 Å². The van der Waals surface area contributed by atoms with E-state index in [9.17, 15) is 0 Å². The number of nitrogens with one attached hydrogen (secondary N) is 1. The summed E-state index contributed by atoms with van der Waals surface area (Å²) in [5.74, 6) is 2.45. The molecular formula is C19H23N7. The molecule has 1 saturated heterocycles. The quantitative estimate of drug-likeness (QED) is 0.750. The molecule has 0 spiro atoms. The van der Waals surface area contributed by atoms with Crippen molar-refractivity contribution in [2.45, 2.75) is 25.3 Å². The predicted octanol–water partition coefficient (Wildman–Crippen LogP) is 2.13. The molecule has 7 nitrogen and oxygen atoms in total. The maximum absolute atomic E-state index is 5.90. The molecule has 3 aromatic rings. The third-order valence-electron chi connectivity index (χ3n) is 5.28. The van der Waals surface area contributed by atoms with Gasteiger partial charge in [0.15, 0.2) is 0 Å². The summed E-state index contributed by atoms with van der Waals surface area (Å²) in [7, 11) is 0. The van der Waals surface area contributed by atoms with Crippen LogP contribution in [-0.4, -0.2) is 51.0 Å². The van der Waals surface area contributed by atoms with Gasteiger partial charge in [-0.15, -0.1) is 0 Å². The number of hydrogen-bond donors (Lipinski definition) is 2. The van der Waals surface area contributed by atoms with Crippen LogP contribution in [-0.2, 0) is 6.54 Å². The zero-order valence-electron chi connectivity index (χ0n) is 14.7. The number of fused-ring (bicyclic) bond motifs is 1. The molecular weight excluding hydrogens is 326 g/mol. The molecule has 3 N–H and O–H groups in total. The molecule has 1 aromatic carbocycles. The summed E-state index contributed by atoms with van der Waals surface area (Å²) in [5, 5.41) is 1.27. The third-order valence-corrected chi connectivity index (χ3v) is 5.28. The fraction of sp³-hybridized carbons (Fsp3) is 0.421. The van der Waals surface area contributed by atoms with E-state index >= 15 is 0 Å². The molecule has 0 amide bonds. The number of anilines is 2. The summed E-state index contributed by atoms with van der Waals surface area (Å²) in [6.07, 6.45) is 4.33. The Labute approximate surface area is 152 Å². The number of nitrogen functional groups attached to an aromatic ring is 1. The van der Waals surface area contributed by atoms with Crippen LogP contribution in [0.15, 0.2) is 30.5 Å². The van der Waals surface area contributed by atoms with E-state index in [0.717, 1.165) is 44.5 Å². The Morgan fingerprint density at radius 1 is 1.04 bits per heavy atom. The monoisotopic (exact) mass is 349 g/mol. The Morgan fingerprint density at radius 3 is 2.69 bits per heavy atom. The summed E-state index contributed by atoms with van der Waals surface area (Å²) < 4.78 is 0. The number of rotatable bonds is 4. The van der Waals surface area contributed by atoms with E-state index in [4.69, 9.17) is 5.73 Å². The van der Waals surface area contributed by atoms with Gasteiger partial charge >= 0.3 is 0 Å². The van der Waals surface area contributed by atoms with E-state index in [1.165, 1.54) is 29.3 Å². The van der Waals surface area contributed by atoms with Crippen molar-refractivity contribution in [1.82, 2.24) is 24.8 Å². The normalized spacial score (nSPS) is 18.5. The Balaban J connectivity index is 1.24. The van der Waals surface area contributed by atoms with E-state index in [2.05, 4.69) is 54.0 Å². The number of aromatic amines is 1. The van der Waals surface area contributed by atoms with Gasteiger partial charge in [-0.05, 0) is 42.0 Å². The Bertz CT molecular complexity index is 923. The number of hydrogen-bond acceptors (Lipinski definition) is 6. The van der Waals surface area contributed by atoms with E-state index in [1.54, 1.807) is 0 Å². The molecule has 0 unspecified atom stereocenters. The highest BCUT2D eigenvalue weighted by Gasteiger charge is 2.29. The zero-order chi connectivity index (χ0) is 17.5. The van der Waals surface area contributed by atoms with Crippen molar-refractivity contribution in [2.75, 3.05) is 36.8 Å². The van der Waals surface area contributed by atoms with Gasteiger partial charge in [0.1, 0.15) is 5.82 Å². The minimum Gasteiger partial charge on any atom is -0.368 e. The highest BCUT2D eigenvalue weighted by Crippen LogP contribution is 2.38. The fourth-order valence-electron chi connectivity index (χ4n) is 3.63. The molecule has 0 atom stereocenters. The fourth-order valence-corrected chi connectivity index (χ4v) is 3.63. The molecule has 2 fully saturated rings. The number of benzene rings is 1. The van der Waals surface area contributed by atoms with Crippen LogP contribution in [0.4, 0.5) is 11.9 Å². The molecule has 3 heterocycles. The van der Waals surface area contributed by atoms with Crippen molar-refractivity contribution < 1.29 is 0 Å². The molecule has 0 bridgehead atoms. The summed E-state index contributed by atoms with van der Waals surface area (Å²) in [4.78, 5) is 21.3. The first-order valence-electron chi connectivity index (χ1n) is 9.29. The molecule has 26 heavy (non-hydrogen) atoms. The third kappa shape index (κ3) is 3.10. The molecule has 1 aliphatic heterocycles. The number of aromatic nitrogens is 4. The Morgan fingerprint density at radius 2 is 1.88 bits per heavy atom. The van der Waals surface area contributed by atoms with Crippen LogP contribution in [0.5, 0.6) is 0 Å². The number of nitrogens with zero attached hydrogens (tertiary/aromatic N) is 5. The molecule has 134 valence electrons. The van der Waals surface area contributed by atoms with Crippen molar-refractivity contribution in [1.29, 1.82) is 0 Å². The maximum Gasteiger partial charge on any atom is 0.230 e. The van der Waals surface area contributed by atoms with Crippen molar-refractivity contribution in [2.24, 2.45) is 0 Å². The van der Waals surface area contributed by atoms with Gasteiger partial charge in [-0.25, -0.2) is 0 Å². The van der Waals surface area contributed by atoms with Crippen molar-refractivity contribution in [3.8, 4) is 0 Å². The highest BCUT2D eigenvalue weighted by molar-refractivity contribution is 5.79. The Hall–Kier alpha value is -2.67. The van der Waals surface area contributed by atoms with Gasteiger partial charge in [-0.2, -0.15) is 15.0 Å². The average Bonchev–Trinajstić information content (AvgIpc) is 3.40. The molecule has 1 saturated carbocycles. The summed E-state index contributed by atoms with van der Waals surface area (Å²) in [6.45, 7) is 4.80. The first-order valence-corrected chi connectivity index (χ1v) is 9.29. The first kappa shape index (κ1) is 15.6. The number of H-pyrrole nitrogens is 1. The molecule has 7 heteroatoms. The van der Waals surface area contributed by atoms with Crippen LogP contribution in [0.1, 0.15) is 30.1 Å². The van der Waals surface area contributed by atoms with E-state index < -0.39 is 0 Å². The lowest BCUT2D eigenvalue weighted by Gasteiger charge is -2.34. The smallest absolute Gasteiger partial charge is 0.230 e. The van der Waals surface area contributed by atoms with Crippen molar-refractivity contribution in [3.05, 3.63) is 41.9 Å². The summed E-state index contributed by atoms with van der Waals surface area (Å²) in [6, 6.07) is 8.76. The van der Waals surface area contributed by atoms with Gasteiger partial charge < -0.3 is 15.6 Å². The summed E-state index contributed by atoms with van der Waals surface area (Å²) >= 11 is 0. The molecule has 2 aromatic heterocycles. The lowest BCUT2D eigenvalue weighted by Crippen LogP contribution is -2.46. The largest absolute Gasteiger partial charge is 0.368 e. The lowest BCUT2D eigenvalue weighted by molar-refractivity contribution is 0.248. The lowest BCUT2D eigenvalue weighted by atomic mass is 10.1. The SMILES string of the molecule is Nc1nc(C2CC2)nc(N2CCN(Cc3ccc4[nH]ccc4c3)CC2)n1. The van der Waals surface area contributed by atoms with E-state index in [1.807, 2.05) is 6.20 Å². The van der Waals surface area contributed by atoms with Gasteiger partial charge in [0.05, 0.1) is 0 Å². The van der Waals surface area contributed by atoms with Gasteiger partial charge in [0, 0.05) is 50.4 Å². The molecule has 5 rings (SSSR count). The van der Waals surface area contributed by atoms with Crippen LogP contribution in [0.2, 0.25) is 0 Å².